The average Bonchev–Trinajstić information content (AvgIpc) is 2.53. The fourth-order valence-corrected chi connectivity index (χ4v) is 3.84. The van der Waals surface area contributed by atoms with Gasteiger partial charge in [0, 0.05) is 23.6 Å². The van der Waals surface area contributed by atoms with Gasteiger partial charge in [-0.15, -0.1) is 0 Å². The molecule has 1 N–H and O–H groups in total. The van der Waals surface area contributed by atoms with Gasteiger partial charge in [-0.1, -0.05) is 31.2 Å². The zero-order chi connectivity index (χ0) is 17.4. The Balaban J connectivity index is 2.10. The van der Waals surface area contributed by atoms with Crippen LogP contribution in [0.25, 0.3) is 0 Å². The molecule has 5 nitrogen and oxygen atoms in total. The first-order valence-corrected chi connectivity index (χ1v) is 8.14. The highest BCUT2D eigenvalue weighted by molar-refractivity contribution is 6.11. The van der Waals surface area contributed by atoms with E-state index in [-0.39, 0.29) is 29.9 Å². The van der Waals surface area contributed by atoms with Crippen molar-refractivity contribution in [1.29, 1.82) is 0 Å². The molecule has 1 aliphatic heterocycles. The quantitative estimate of drug-likeness (QED) is 0.668. The molecule has 1 aromatic rings. The van der Waals surface area contributed by atoms with Crippen LogP contribution in [0.4, 0.5) is 0 Å². The highest BCUT2D eigenvalue weighted by Gasteiger charge is 2.45. The van der Waals surface area contributed by atoms with Crippen molar-refractivity contribution in [2.75, 3.05) is 7.11 Å². The smallest absolute Gasteiger partial charge is 0.316 e. The van der Waals surface area contributed by atoms with E-state index in [2.05, 4.69) is 5.32 Å². The van der Waals surface area contributed by atoms with E-state index in [1.807, 2.05) is 38.1 Å². The molecule has 1 aliphatic carbocycles. The maximum atomic E-state index is 13.1. The van der Waals surface area contributed by atoms with Gasteiger partial charge in [-0.3, -0.25) is 14.4 Å². The van der Waals surface area contributed by atoms with Crippen molar-refractivity contribution in [3.63, 3.8) is 0 Å². The summed E-state index contributed by atoms with van der Waals surface area (Å²) < 4.78 is 4.83. The molecule has 1 amide bonds. The molecule has 0 fully saturated rings. The number of Topliss-reactive ketones (excluding diaryl/α,β-unsaturated/α-hetero) is 1. The van der Waals surface area contributed by atoms with Gasteiger partial charge in [-0.25, -0.2) is 0 Å². The third-order valence-corrected chi connectivity index (χ3v) is 5.02. The largest absolute Gasteiger partial charge is 0.468 e. The third kappa shape index (κ3) is 2.64. The predicted molar refractivity (Wildman–Crippen MR) is 88.0 cm³/mol. The first kappa shape index (κ1) is 16.4. The normalized spacial score (nSPS) is 26.7. The summed E-state index contributed by atoms with van der Waals surface area (Å²) in [5.74, 6) is -2.10. The van der Waals surface area contributed by atoms with Gasteiger partial charge >= 0.3 is 5.97 Å². The Labute approximate surface area is 141 Å². The first-order chi connectivity index (χ1) is 11.4. The molecule has 1 aromatic carbocycles. The van der Waals surface area contributed by atoms with Gasteiger partial charge < -0.3 is 10.1 Å². The molecule has 0 saturated carbocycles. The van der Waals surface area contributed by atoms with Gasteiger partial charge in [-0.05, 0) is 30.4 Å². The van der Waals surface area contributed by atoms with E-state index >= 15 is 0 Å². The van der Waals surface area contributed by atoms with Crippen molar-refractivity contribution in [2.24, 2.45) is 11.8 Å². The zero-order valence-corrected chi connectivity index (χ0v) is 14.1. The van der Waals surface area contributed by atoms with Gasteiger partial charge in [0.25, 0.3) is 0 Å². The maximum Gasteiger partial charge on any atom is 0.316 e. The lowest BCUT2D eigenvalue weighted by Crippen LogP contribution is -2.44. The Morgan fingerprint density at radius 3 is 2.58 bits per heavy atom. The Bertz CT molecular complexity index is 749. The van der Waals surface area contributed by atoms with Crippen LogP contribution in [0.2, 0.25) is 0 Å². The second kappa shape index (κ2) is 6.23. The maximum absolute atomic E-state index is 13.1. The van der Waals surface area contributed by atoms with Crippen molar-refractivity contribution in [3.05, 3.63) is 46.7 Å². The summed E-state index contributed by atoms with van der Waals surface area (Å²) in [6.07, 6.45) is 0.715. The number of esters is 1. The van der Waals surface area contributed by atoms with Gasteiger partial charge in [0.05, 0.1) is 7.11 Å². The summed E-state index contributed by atoms with van der Waals surface area (Å²) in [6.45, 7) is 3.81. The first-order valence-electron chi connectivity index (χ1n) is 8.14. The number of allylic oxidation sites excluding steroid dienone is 2. The highest BCUT2D eigenvalue weighted by Crippen LogP contribution is 2.42. The van der Waals surface area contributed by atoms with E-state index in [0.717, 1.165) is 11.1 Å². The summed E-state index contributed by atoms with van der Waals surface area (Å²) in [6, 6.07) is 7.75. The Hall–Kier alpha value is -2.43. The van der Waals surface area contributed by atoms with E-state index < -0.39 is 11.9 Å². The van der Waals surface area contributed by atoms with E-state index in [4.69, 9.17) is 4.74 Å². The molecule has 0 bridgehead atoms. The van der Waals surface area contributed by atoms with Crippen molar-refractivity contribution >= 4 is 17.7 Å². The number of hydrogen-bond acceptors (Lipinski definition) is 4. The molecule has 0 aromatic heterocycles. The summed E-state index contributed by atoms with van der Waals surface area (Å²) in [7, 11) is 1.30. The van der Waals surface area contributed by atoms with Crippen molar-refractivity contribution in [2.45, 2.75) is 32.6 Å². The van der Waals surface area contributed by atoms with Crippen LogP contribution in [0.1, 0.15) is 36.8 Å². The van der Waals surface area contributed by atoms with Crippen LogP contribution >= 0.6 is 0 Å². The van der Waals surface area contributed by atoms with Crippen LogP contribution in [-0.4, -0.2) is 24.8 Å². The van der Waals surface area contributed by atoms with Gasteiger partial charge in [0.15, 0.2) is 5.78 Å². The summed E-state index contributed by atoms with van der Waals surface area (Å²) >= 11 is 0. The lowest BCUT2D eigenvalue weighted by atomic mass is 9.70. The molecule has 1 heterocycles. The Kier molecular flexibility index (Phi) is 4.26. The number of benzene rings is 1. The van der Waals surface area contributed by atoms with Crippen LogP contribution in [0.3, 0.4) is 0 Å². The number of hydrogen-bond donors (Lipinski definition) is 1. The number of carbonyl (C=O) groups is 3. The molecule has 0 radical (unpaired) electrons. The topological polar surface area (TPSA) is 72.5 Å². The number of methoxy groups -OCH3 is 1. The molecule has 5 heteroatoms. The van der Waals surface area contributed by atoms with Crippen molar-refractivity contribution in [1.82, 2.24) is 5.32 Å². The molecular formula is C19H21NO4. The number of amides is 1. The van der Waals surface area contributed by atoms with Crippen molar-refractivity contribution < 1.29 is 19.1 Å². The number of aryl methyl sites for hydroxylation is 1. The van der Waals surface area contributed by atoms with E-state index in [9.17, 15) is 14.4 Å². The third-order valence-electron chi connectivity index (χ3n) is 5.02. The molecular weight excluding hydrogens is 306 g/mol. The number of carbonyl (C=O) groups excluding carboxylic acids is 3. The standard InChI is InChI=1S/C19H21NO4/c1-10-6-4-5-7-12(10)13-9-15(21)20-14-8-11(2)16(19(23)24-3)18(22)17(13)14/h4-7,11,13,16H,8-9H2,1-3H3,(H,20,21)/t11-,13+,16+/m1/s1. The van der Waals surface area contributed by atoms with Crippen LogP contribution in [0.15, 0.2) is 35.5 Å². The molecule has 3 rings (SSSR count). The van der Waals surface area contributed by atoms with Gasteiger partial charge in [0.1, 0.15) is 5.92 Å². The molecule has 24 heavy (non-hydrogen) atoms. The minimum Gasteiger partial charge on any atom is -0.468 e. The SMILES string of the molecule is COC(=O)[C@@H]1C(=O)C2=C(C[C@H]1C)NC(=O)C[C@H]2c1ccccc1C. The highest BCUT2D eigenvalue weighted by atomic mass is 16.5. The molecule has 0 saturated heterocycles. The average molecular weight is 327 g/mol. The van der Waals surface area contributed by atoms with Gasteiger partial charge in [0.2, 0.25) is 5.91 Å². The lowest BCUT2D eigenvalue weighted by Gasteiger charge is -2.36. The van der Waals surface area contributed by atoms with Crippen LogP contribution in [0, 0.1) is 18.8 Å². The fraction of sp³-hybridized carbons (Fsp3) is 0.421. The number of nitrogens with one attached hydrogen (secondary N) is 1. The lowest BCUT2D eigenvalue weighted by molar-refractivity contribution is -0.151. The second-order valence-electron chi connectivity index (χ2n) is 6.60. The molecule has 3 atom stereocenters. The number of rotatable bonds is 2. The number of ketones is 1. The van der Waals surface area contributed by atoms with E-state index in [1.165, 1.54) is 7.11 Å². The number of ether oxygens (including phenoxy) is 1. The second-order valence-corrected chi connectivity index (χ2v) is 6.60. The summed E-state index contributed by atoms with van der Waals surface area (Å²) in [5, 5.41) is 2.84. The minimum absolute atomic E-state index is 0.0847. The van der Waals surface area contributed by atoms with E-state index in [0.29, 0.717) is 17.7 Å². The monoisotopic (exact) mass is 327 g/mol. The zero-order valence-electron chi connectivity index (χ0n) is 14.1. The van der Waals surface area contributed by atoms with E-state index in [1.54, 1.807) is 0 Å². The summed E-state index contributed by atoms with van der Waals surface area (Å²) in [5.41, 5.74) is 3.23. The molecule has 0 unspecified atom stereocenters. The van der Waals surface area contributed by atoms with Crippen LogP contribution in [-0.2, 0) is 19.1 Å². The molecule has 126 valence electrons. The minimum atomic E-state index is -0.796. The predicted octanol–water partition coefficient (Wildman–Crippen LogP) is 2.25. The molecule has 2 aliphatic rings. The summed E-state index contributed by atoms with van der Waals surface area (Å²) in [4.78, 5) is 37.3. The van der Waals surface area contributed by atoms with Crippen LogP contribution in [0.5, 0.6) is 0 Å². The Morgan fingerprint density at radius 1 is 1.21 bits per heavy atom. The molecule has 0 spiro atoms. The van der Waals surface area contributed by atoms with Crippen LogP contribution < -0.4 is 5.32 Å². The fourth-order valence-electron chi connectivity index (χ4n) is 3.84. The van der Waals surface area contributed by atoms with Gasteiger partial charge in [-0.2, -0.15) is 0 Å². The van der Waals surface area contributed by atoms with Crippen molar-refractivity contribution in [3.8, 4) is 0 Å². The Morgan fingerprint density at radius 2 is 1.92 bits per heavy atom.